The second-order valence-electron chi connectivity index (χ2n) is 4.78. The van der Waals surface area contributed by atoms with Gasteiger partial charge in [0.25, 0.3) is 0 Å². The van der Waals surface area contributed by atoms with Crippen LogP contribution in [0.15, 0.2) is 48.5 Å². The van der Waals surface area contributed by atoms with Gasteiger partial charge in [-0.25, -0.2) is 4.79 Å². The van der Waals surface area contributed by atoms with E-state index in [9.17, 15) is 9.59 Å². The van der Waals surface area contributed by atoms with Gasteiger partial charge in [0.15, 0.2) is 0 Å². The molecule has 0 heterocycles. The van der Waals surface area contributed by atoms with Crippen LogP contribution >= 0.6 is 0 Å². The molecule has 0 aliphatic heterocycles. The topological polar surface area (TPSA) is 84.9 Å². The SMILES string of the molecule is COc1ccc(CC(=O)O)c(NC(=O)OCc2ccccc2)c1. The molecule has 120 valence electrons. The Kier molecular flexibility index (Phi) is 5.57. The van der Waals surface area contributed by atoms with Gasteiger partial charge in [0.05, 0.1) is 19.2 Å². The molecule has 0 aliphatic carbocycles. The first-order valence-electron chi connectivity index (χ1n) is 6.95. The third-order valence-corrected chi connectivity index (χ3v) is 3.11. The maximum atomic E-state index is 11.9. The molecule has 0 fully saturated rings. The lowest BCUT2D eigenvalue weighted by molar-refractivity contribution is -0.136. The summed E-state index contributed by atoms with van der Waals surface area (Å²) in [6.07, 6.45) is -0.869. The summed E-state index contributed by atoms with van der Waals surface area (Å²) in [5, 5.41) is 11.5. The Balaban J connectivity index is 2.04. The number of carboxylic acid groups (broad SMARTS) is 1. The Morgan fingerprint density at radius 1 is 1.13 bits per heavy atom. The van der Waals surface area contributed by atoms with Crippen LogP contribution in [0.25, 0.3) is 0 Å². The van der Waals surface area contributed by atoms with Crippen molar-refractivity contribution in [2.45, 2.75) is 13.0 Å². The molecule has 1 amide bonds. The first-order valence-corrected chi connectivity index (χ1v) is 6.95. The average molecular weight is 315 g/mol. The third kappa shape index (κ3) is 5.03. The largest absolute Gasteiger partial charge is 0.497 e. The van der Waals surface area contributed by atoms with Crippen molar-refractivity contribution in [1.29, 1.82) is 0 Å². The number of carbonyl (C=O) groups excluding carboxylic acids is 1. The molecule has 0 saturated heterocycles. The van der Waals surface area contributed by atoms with Crippen molar-refractivity contribution in [3.63, 3.8) is 0 Å². The zero-order chi connectivity index (χ0) is 16.7. The molecular weight excluding hydrogens is 298 g/mol. The lowest BCUT2D eigenvalue weighted by Gasteiger charge is -2.12. The van der Waals surface area contributed by atoms with Crippen LogP contribution in [0.3, 0.4) is 0 Å². The van der Waals surface area contributed by atoms with Gasteiger partial charge in [0, 0.05) is 6.07 Å². The van der Waals surface area contributed by atoms with Crippen LogP contribution in [0, 0.1) is 0 Å². The van der Waals surface area contributed by atoms with Crippen LogP contribution in [-0.2, 0) is 22.6 Å². The highest BCUT2D eigenvalue weighted by Gasteiger charge is 2.12. The monoisotopic (exact) mass is 315 g/mol. The quantitative estimate of drug-likeness (QED) is 0.855. The Labute approximate surface area is 133 Å². The van der Waals surface area contributed by atoms with Gasteiger partial charge in [-0.05, 0) is 17.2 Å². The molecule has 6 nitrogen and oxygen atoms in total. The summed E-state index contributed by atoms with van der Waals surface area (Å²) in [6, 6.07) is 14.1. The molecule has 0 spiro atoms. The molecule has 0 atom stereocenters. The molecule has 2 aromatic carbocycles. The smallest absolute Gasteiger partial charge is 0.411 e. The van der Waals surface area contributed by atoms with Crippen molar-refractivity contribution >= 4 is 17.7 Å². The number of carboxylic acids is 1. The van der Waals surface area contributed by atoms with Gasteiger partial charge >= 0.3 is 12.1 Å². The second kappa shape index (κ2) is 7.84. The molecule has 0 bridgehead atoms. The Bertz CT molecular complexity index is 685. The van der Waals surface area contributed by atoms with E-state index in [0.29, 0.717) is 17.0 Å². The minimum atomic E-state index is -0.990. The fourth-order valence-corrected chi connectivity index (χ4v) is 1.99. The number of rotatable bonds is 6. The molecule has 0 aromatic heterocycles. The fourth-order valence-electron chi connectivity index (χ4n) is 1.99. The summed E-state index contributed by atoms with van der Waals surface area (Å²) >= 11 is 0. The molecule has 0 radical (unpaired) electrons. The van der Waals surface area contributed by atoms with Crippen molar-refractivity contribution in [1.82, 2.24) is 0 Å². The molecule has 2 aromatic rings. The number of hydrogen-bond donors (Lipinski definition) is 2. The predicted octanol–water partition coefficient (Wildman–Crippen LogP) is 3.07. The number of aliphatic carboxylic acids is 1. The highest BCUT2D eigenvalue weighted by atomic mass is 16.5. The van der Waals surface area contributed by atoms with Crippen molar-refractivity contribution in [3.8, 4) is 5.75 Å². The zero-order valence-electron chi connectivity index (χ0n) is 12.6. The van der Waals surface area contributed by atoms with Crippen LogP contribution in [0.2, 0.25) is 0 Å². The number of carbonyl (C=O) groups is 2. The predicted molar refractivity (Wildman–Crippen MR) is 84.6 cm³/mol. The van der Waals surface area contributed by atoms with E-state index in [-0.39, 0.29) is 13.0 Å². The molecule has 0 unspecified atom stereocenters. The molecular formula is C17H17NO5. The van der Waals surface area contributed by atoms with E-state index in [4.69, 9.17) is 14.6 Å². The first kappa shape index (κ1) is 16.4. The number of hydrogen-bond acceptors (Lipinski definition) is 4. The Morgan fingerprint density at radius 3 is 2.52 bits per heavy atom. The van der Waals surface area contributed by atoms with E-state index in [2.05, 4.69) is 5.32 Å². The van der Waals surface area contributed by atoms with Gasteiger partial charge in [-0.15, -0.1) is 0 Å². The van der Waals surface area contributed by atoms with Gasteiger partial charge in [0.1, 0.15) is 12.4 Å². The minimum Gasteiger partial charge on any atom is -0.497 e. The van der Waals surface area contributed by atoms with E-state index in [1.165, 1.54) is 7.11 Å². The lowest BCUT2D eigenvalue weighted by Crippen LogP contribution is -2.15. The molecule has 2 N–H and O–H groups in total. The van der Waals surface area contributed by atoms with Gasteiger partial charge in [-0.3, -0.25) is 10.1 Å². The van der Waals surface area contributed by atoms with Crippen LogP contribution in [-0.4, -0.2) is 24.3 Å². The van der Waals surface area contributed by atoms with E-state index >= 15 is 0 Å². The molecule has 2 rings (SSSR count). The maximum absolute atomic E-state index is 11.9. The van der Waals surface area contributed by atoms with Gasteiger partial charge in [0.2, 0.25) is 0 Å². The van der Waals surface area contributed by atoms with Gasteiger partial charge < -0.3 is 14.6 Å². The van der Waals surface area contributed by atoms with Crippen molar-refractivity contribution in [2.75, 3.05) is 12.4 Å². The number of methoxy groups -OCH3 is 1. The summed E-state index contributed by atoms with van der Waals surface area (Å²) in [5.74, 6) is -0.478. The van der Waals surface area contributed by atoms with Crippen molar-refractivity contribution < 1.29 is 24.2 Å². The van der Waals surface area contributed by atoms with Crippen LogP contribution in [0.5, 0.6) is 5.75 Å². The molecule has 23 heavy (non-hydrogen) atoms. The van der Waals surface area contributed by atoms with E-state index < -0.39 is 12.1 Å². The third-order valence-electron chi connectivity index (χ3n) is 3.11. The second-order valence-corrected chi connectivity index (χ2v) is 4.78. The number of ether oxygens (including phenoxy) is 2. The normalized spacial score (nSPS) is 9.96. The van der Waals surface area contributed by atoms with Crippen molar-refractivity contribution in [2.24, 2.45) is 0 Å². The minimum absolute atomic E-state index is 0.130. The summed E-state index contributed by atoms with van der Waals surface area (Å²) in [7, 11) is 1.49. The first-order chi connectivity index (χ1) is 11.1. The Hall–Kier alpha value is -3.02. The van der Waals surface area contributed by atoms with Crippen LogP contribution < -0.4 is 10.1 Å². The number of nitrogens with one attached hydrogen (secondary N) is 1. The van der Waals surface area contributed by atoms with Crippen LogP contribution in [0.4, 0.5) is 10.5 Å². The highest BCUT2D eigenvalue weighted by molar-refractivity contribution is 5.87. The molecule has 0 saturated carbocycles. The maximum Gasteiger partial charge on any atom is 0.411 e. The molecule has 6 heteroatoms. The highest BCUT2D eigenvalue weighted by Crippen LogP contribution is 2.23. The number of benzene rings is 2. The van der Waals surface area contributed by atoms with E-state index in [0.717, 1.165) is 5.56 Å². The van der Waals surface area contributed by atoms with Gasteiger partial charge in [-0.2, -0.15) is 0 Å². The summed E-state index contributed by atoms with van der Waals surface area (Å²) in [4.78, 5) is 22.8. The fraction of sp³-hybridized carbons (Fsp3) is 0.176. The Morgan fingerprint density at radius 2 is 1.87 bits per heavy atom. The molecule has 0 aliphatic rings. The van der Waals surface area contributed by atoms with Crippen LogP contribution in [0.1, 0.15) is 11.1 Å². The lowest BCUT2D eigenvalue weighted by atomic mass is 10.1. The van der Waals surface area contributed by atoms with E-state index in [1.807, 2.05) is 30.3 Å². The number of anilines is 1. The van der Waals surface area contributed by atoms with Gasteiger partial charge in [-0.1, -0.05) is 36.4 Å². The van der Waals surface area contributed by atoms with E-state index in [1.54, 1.807) is 18.2 Å². The summed E-state index contributed by atoms with van der Waals surface area (Å²) in [6.45, 7) is 0.130. The summed E-state index contributed by atoms with van der Waals surface area (Å²) in [5.41, 5.74) is 1.68. The van der Waals surface area contributed by atoms with Crippen molar-refractivity contribution in [3.05, 3.63) is 59.7 Å². The zero-order valence-corrected chi connectivity index (χ0v) is 12.6. The average Bonchev–Trinajstić information content (AvgIpc) is 2.55. The standard InChI is InChI=1S/C17H17NO5/c1-22-14-8-7-13(9-16(19)20)15(10-14)18-17(21)23-11-12-5-3-2-4-6-12/h2-8,10H,9,11H2,1H3,(H,18,21)(H,19,20). The summed E-state index contributed by atoms with van der Waals surface area (Å²) < 4.78 is 10.2. The number of amides is 1.